The molecule has 0 aliphatic carbocycles. The van der Waals surface area contributed by atoms with Gasteiger partial charge >= 0.3 is 0 Å². The van der Waals surface area contributed by atoms with E-state index in [0.717, 1.165) is 16.8 Å². The molecule has 3 aromatic rings. The van der Waals surface area contributed by atoms with Gasteiger partial charge in [-0.25, -0.2) is 0 Å². The van der Waals surface area contributed by atoms with Crippen LogP contribution in [-0.4, -0.2) is 17.6 Å². The smallest absolute Gasteiger partial charge is 0.255 e. The van der Waals surface area contributed by atoms with E-state index in [1.807, 2.05) is 60.4 Å². The van der Waals surface area contributed by atoms with Crippen molar-refractivity contribution in [2.75, 3.05) is 16.0 Å². The number of amides is 2. The SMILES string of the molecule is Cc1cccc(N2C(=O)CS[C@@H]2c2ccc(NC(=O)c3cccc(Cl)c3)cc2)c1. The molecule has 3 aromatic carbocycles. The van der Waals surface area contributed by atoms with Crippen LogP contribution >= 0.6 is 23.4 Å². The topological polar surface area (TPSA) is 49.4 Å². The Morgan fingerprint density at radius 3 is 2.55 bits per heavy atom. The zero-order chi connectivity index (χ0) is 20.4. The van der Waals surface area contributed by atoms with Crippen LogP contribution < -0.4 is 10.2 Å². The van der Waals surface area contributed by atoms with E-state index in [4.69, 9.17) is 11.6 Å². The molecule has 146 valence electrons. The molecule has 0 unspecified atom stereocenters. The van der Waals surface area contributed by atoms with Gasteiger partial charge in [0.05, 0.1) is 5.75 Å². The lowest BCUT2D eigenvalue weighted by atomic mass is 10.1. The van der Waals surface area contributed by atoms with Gasteiger partial charge in [-0.2, -0.15) is 0 Å². The highest BCUT2D eigenvalue weighted by molar-refractivity contribution is 8.00. The summed E-state index contributed by atoms with van der Waals surface area (Å²) in [6.45, 7) is 2.02. The molecule has 1 aliphatic rings. The average molecular weight is 423 g/mol. The van der Waals surface area contributed by atoms with Gasteiger partial charge in [-0.1, -0.05) is 41.9 Å². The maximum absolute atomic E-state index is 12.5. The van der Waals surface area contributed by atoms with Crippen molar-refractivity contribution in [1.82, 2.24) is 0 Å². The largest absolute Gasteiger partial charge is 0.322 e. The molecule has 6 heteroatoms. The number of rotatable bonds is 4. The van der Waals surface area contributed by atoms with Gasteiger partial charge in [0, 0.05) is 22.0 Å². The van der Waals surface area contributed by atoms with Crippen LogP contribution in [0.5, 0.6) is 0 Å². The molecule has 0 bridgehead atoms. The summed E-state index contributed by atoms with van der Waals surface area (Å²) >= 11 is 7.56. The zero-order valence-corrected chi connectivity index (χ0v) is 17.3. The summed E-state index contributed by atoms with van der Waals surface area (Å²) in [6, 6.07) is 22.4. The fraction of sp³-hybridized carbons (Fsp3) is 0.130. The highest BCUT2D eigenvalue weighted by atomic mass is 35.5. The van der Waals surface area contributed by atoms with Crippen molar-refractivity contribution in [1.29, 1.82) is 0 Å². The lowest BCUT2D eigenvalue weighted by Crippen LogP contribution is -2.27. The van der Waals surface area contributed by atoms with Gasteiger partial charge in [-0.3, -0.25) is 14.5 Å². The quantitative estimate of drug-likeness (QED) is 0.588. The standard InChI is InChI=1S/C23H19ClN2O2S/c1-15-4-2-7-20(12-15)26-21(27)14-29-23(26)16-8-10-19(11-9-16)25-22(28)17-5-3-6-18(24)13-17/h2-13,23H,14H2,1H3,(H,25,28)/t23-/m1/s1. The van der Waals surface area contributed by atoms with Crippen molar-refractivity contribution >= 4 is 46.6 Å². The summed E-state index contributed by atoms with van der Waals surface area (Å²) in [4.78, 5) is 26.7. The summed E-state index contributed by atoms with van der Waals surface area (Å²) in [6.07, 6.45) is 0. The third kappa shape index (κ3) is 4.31. The van der Waals surface area contributed by atoms with E-state index < -0.39 is 0 Å². The van der Waals surface area contributed by atoms with Crippen LogP contribution in [0.25, 0.3) is 0 Å². The van der Waals surface area contributed by atoms with Crippen LogP contribution in [0.1, 0.15) is 26.9 Å². The summed E-state index contributed by atoms with van der Waals surface area (Å²) in [5, 5.41) is 3.32. The maximum atomic E-state index is 12.5. The minimum atomic E-state index is -0.216. The first-order valence-corrected chi connectivity index (χ1v) is 10.6. The molecule has 1 fully saturated rings. The van der Waals surface area contributed by atoms with Gasteiger partial charge in [0.2, 0.25) is 5.91 Å². The van der Waals surface area contributed by atoms with Crippen LogP contribution in [-0.2, 0) is 4.79 Å². The fourth-order valence-electron chi connectivity index (χ4n) is 3.29. The monoisotopic (exact) mass is 422 g/mol. The van der Waals surface area contributed by atoms with Crippen LogP contribution in [0.2, 0.25) is 5.02 Å². The van der Waals surface area contributed by atoms with E-state index in [9.17, 15) is 9.59 Å². The van der Waals surface area contributed by atoms with Gasteiger partial charge in [0.25, 0.3) is 5.91 Å². The second-order valence-corrected chi connectivity index (χ2v) is 8.36. The number of carbonyl (C=O) groups excluding carboxylic acids is 2. The lowest BCUT2D eigenvalue weighted by Gasteiger charge is -2.25. The molecule has 0 aromatic heterocycles. The van der Waals surface area contributed by atoms with Crippen LogP contribution in [0, 0.1) is 6.92 Å². The summed E-state index contributed by atoms with van der Waals surface area (Å²) in [7, 11) is 0. The molecule has 1 saturated heterocycles. The molecule has 2 amide bonds. The zero-order valence-electron chi connectivity index (χ0n) is 15.8. The van der Waals surface area contributed by atoms with E-state index in [0.29, 0.717) is 22.0 Å². The number of nitrogens with one attached hydrogen (secondary N) is 1. The molecule has 1 N–H and O–H groups in total. The van der Waals surface area contributed by atoms with E-state index >= 15 is 0 Å². The Morgan fingerprint density at radius 2 is 1.83 bits per heavy atom. The highest BCUT2D eigenvalue weighted by Gasteiger charge is 2.34. The Hall–Kier alpha value is -2.76. The van der Waals surface area contributed by atoms with Gasteiger partial charge in [-0.05, 0) is 60.5 Å². The van der Waals surface area contributed by atoms with Crippen molar-refractivity contribution in [3.05, 3.63) is 94.5 Å². The number of hydrogen-bond acceptors (Lipinski definition) is 3. The van der Waals surface area contributed by atoms with Gasteiger partial charge < -0.3 is 5.32 Å². The summed E-state index contributed by atoms with van der Waals surface area (Å²) < 4.78 is 0. The number of thioether (sulfide) groups is 1. The van der Waals surface area contributed by atoms with Crippen LogP contribution in [0.3, 0.4) is 0 Å². The molecule has 0 spiro atoms. The summed E-state index contributed by atoms with van der Waals surface area (Å²) in [5.41, 5.74) is 4.23. The van der Waals surface area contributed by atoms with Crippen molar-refractivity contribution in [3.63, 3.8) is 0 Å². The Balaban J connectivity index is 1.52. The molecule has 0 radical (unpaired) electrons. The average Bonchev–Trinajstić information content (AvgIpc) is 3.10. The Bertz CT molecular complexity index is 1070. The molecular formula is C23H19ClN2O2S. The van der Waals surface area contributed by atoms with Crippen molar-refractivity contribution < 1.29 is 9.59 Å². The van der Waals surface area contributed by atoms with Gasteiger partial charge in [0.15, 0.2) is 0 Å². The predicted octanol–water partition coefficient (Wildman–Crippen LogP) is 5.68. The third-order valence-electron chi connectivity index (χ3n) is 4.69. The number of carbonyl (C=O) groups is 2. The molecule has 0 saturated carbocycles. The molecule has 4 nitrogen and oxygen atoms in total. The number of anilines is 2. The van der Waals surface area contributed by atoms with Crippen molar-refractivity contribution in [2.45, 2.75) is 12.3 Å². The number of aryl methyl sites for hydroxylation is 1. The maximum Gasteiger partial charge on any atom is 0.255 e. The summed E-state index contributed by atoms with van der Waals surface area (Å²) in [5.74, 6) is 0.335. The van der Waals surface area contributed by atoms with E-state index in [2.05, 4.69) is 5.32 Å². The Kier molecular flexibility index (Phi) is 5.60. The molecule has 1 atom stereocenters. The normalized spacial score (nSPS) is 16.1. The first-order chi connectivity index (χ1) is 14.0. The van der Waals surface area contributed by atoms with Crippen LogP contribution in [0.4, 0.5) is 11.4 Å². The number of halogens is 1. The lowest BCUT2D eigenvalue weighted by molar-refractivity contribution is -0.115. The molecular weight excluding hydrogens is 404 g/mol. The molecule has 1 heterocycles. The molecule has 4 rings (SSSR count). The second kappa shape index (κ2) is 8.31. The van der Waals surface area contributed by atoms with Gasteiger partial charge in [0.1, 0.15) is 5.37 Å². The predicted molar refractivity (Wildman–Crippen MR) is 120 cm³/mol. The first-order valence-electron chi connectivity index (χ1n) is 9.18. The Morgan fingerprint density at radius 1 is 1.07 bits per heavy atom. The highest BCUT2D eigenvalue weighted by Crippen LogP contribution is 2.42. The third-order valence-corrected chi connectivity index (χ3v) is 6.14. The van der Waals surface area contributed by atoms with Gasteiger partial charge in [-0.15, -0.1) is 11.8 Å². The number of hydrogen-bond donors (Lipinski definition) is 1. The van der Waals surface area contributed by atoms with E-state index in [-0.39, 0.29) is 17.2 Å². The molecule has 29 heavy (non-hydrogen) atoms. The number of benzene rings is 3. The molecule has 1 aliphatic heterocycles. The second-order valence-electron chi connectivity index (χ2n) is 6.85. The van der Waals surface area contributed by atoms with Crippen molar-refractivity contribution in [3.8, 4) is 0 Å². The minimum Gasteiger partial charge on any atom is -0.322 e. The minimum absolute atomic E-state index is 0.0815. The Labute approximate surface area is 178 Å². The fourth-order valence-corrected chi connectivity index (χ4v) is 4.66. The van der Waals surface area contributed by atoms with E-state index in [1.165, 1.54) is 0 Å². The van der Waals surface area contributed by atoms with Crippen LogP contribution in [0.15, 0.2) is 72.8 Å². The van der Waals surface area contributed by atoms with E-state index in [1.54, 1.807) is 36.0 Å². The van der Waals surface area contributed by atoms with Crippen molar-refractivity contribution in [2.24, 2.45) is 0 Å². The first kappa shape index (κ1) is 19.6. The number of nitrogens with zero attached hydrogens (tertiary/aromatic N) is 1.